The number of benzene rings is 1. The number of carbonyl (C=O) groups is 2. The second-order valence-electron chi connectivity index (χ2n) is 5.88. The highest BCUT2D eigenvalue weighted by Gasteiger charge is 2.51. The van der Waals surface area contributed by atoms with Crippen LogP contribution in [0.5, 0.6) is 0 Å². The molecule has 2 aliphatic rings. The van der Waals surface area contributed by atoms with E-state index in [1.165, 1.54) is 0 Å². The number of hydrogen-bond acceptors (Lipinski definition) is 3. The Bertz CT molecular complexity index is 570. The molecule has 1 fully saturated rings. The lowest BCUT2D eigenvalue weighted by Gasteiger charge is -2.23. The third-order valence-corrected chi connectivity index (χ3v) is 4.20. The van der Waals surface area contributed by atoms with Crippen molar-refractivity contribution in [3.05, 3.63) is 29.8 Å². The van der Waals surface area contributed by atoms with Crippen LogP contribution in [-0.2, 0) is 15.0 Å². The number of rotatable bonds is 2. The molecule has 0 radical (unpaired) electrons. The van der Waals surface area contributed by atoms with Crippen molar-refractivity contribution >= 4 is 17.5 Å². The maximum Gasteiger partial charge on any atom is 0.236 e. The van der Waals surface area contributed by atoms with E-state index < -0.39 is 5.41 Å². The number of carbonyl (C=O) groups excluding carboxylic acids is 2. The zero-order chi connectivity index (χ0) is 14.3. The van der Waals surface area contributed by atoms with Crippen LogP contribution in [0.4, 0.5) is 5.69 Å². The molecular formula is C15H19N3O2. The van der Waals surface area contributed by atoms with E-state index in [4.69, 9.17) is 0 Å². The van der Waals surface area contributed by atoms with Gasteiger partial charge < -0.3 is 15.1 Å². The Morgan fingerprint density at radius 3 is 2.90 bits per heavy atom. The normalized spacial score (nSPS) is 24.4. The lowest BCUT2D eigenvalue weighted by molar-refractivity contribution is -0.131. The van der Waals surface area contributed by atoms with Crippen molar-refractivity contribution in [3.8, 4) is 0 Å². The number of likely N-dealkylation sites (tertiary alicyclic amines) is 1. The van der Waals surface area contributed by atoms with Crippen LogP contribution in [0.2, 0.25) is 0 Å². The molecule has 2 aliphatic heterocycles. The van der Waals surface area contributed by atoms with Crippen molar-refractivity contribution in [2.24, 2.45) is 0 Å². The molecule has 1 unspecified atom stereocenters. The quantitative estimate of drug-likeness (QED) is 0.861. The molecule has 1 saturated heterocycles. The molecule has 2 amide bonds. The molecule has 0 aliphatic carbocycles. The fourth-order valence-electron chi connectivity index (χ4n) is 3.17. The van der Waals surface area contributed by atoms with Crippen molar-refractivity contribution in [3.63, 3.8) is 0 Å². The third kappa shape index (κ3) is 1.89. The van der Waals surface area contributed by atoms with E-state index in [1.54, 1.807) is 0 Å². The summed E-state index contributed by atoms with van der Waals surface area (Å²) in [6.07, 6.45) is 0.703. The Balaban J connectivity index is 1.86. The Morgan fingerprint density at radius 1 is 1.40 bits per heavy atom. The molecule has 1 aromatic rings. The van der Waals surface area contributed by atoms with Crippen LogP contribution < -0.4 is 5.32 Å². The number of amides is 2. The van der Waals surface area contributed by atoms with Gasteiger partial charge in [-0.3, -0.25) is 9.59 Å². The molecule has 5 nitrogen and oxygen atoms in total. The first-order chi connectivity index (χ1) is 9.53. The van der Waals surface area contributed by atoms with Gasteiger partial charge in [0, 0.05) is 18.8 Å². The first-order valence-electron chi connectivity index (χ1n) is 6.86. The van der Waals surface area contributed by atoms with E-state index in [-0.39, 0.29) is 11.8 Å². The highest BCUT2D eigenvalue weighted by Crippen LogP contribution is 2.43. The number of likely N-dealkylation sites (N-methyl/N-ethyl adjacent to an activating group) is 1. The summed E-state index contributed by atoms with van der Waals surface area (Å²) in [7, 11) is 3.75. The number of anilines is 1. The molecule has 20 heavy (non-hydrogen) atoms. The highest BCUT2D eigenvalue weighted by atomic mass is 16.2. The van der Waals surface area contributed by atoms with Crippen LogP contribution in [0.25, 0.3) is 0 Å². The summed E-state index contributed by atoms with van der Waals surface area (Å²) in [4.78, 5) is 28.2. The molecule has 1 spiro atoms. The van der Waals surface area contributed by atoms with Crippen LogP contribution in [0.15, 0.2) is 24.3 Å². The van der Waals surface area contributed by atoms with Gasteiger partial charge in [-0.25, -0.2) is 0 Å². The molecule has 0 aromatic heterocycles. The smallest absolute Gasteiger partial charge is 0.236 e. The van der Waals surface area contributed by atoms with E-state index in [0.717, 1.165) is 11.3 Å². The maximum atomic E-state index is 12.4. The lowest BCUT2D eigenvalue weighted by Crippen LogP contribution is -2.41. The Labute approximate surface area is 118 Å². The molecule has 2 heterocycles. The van der Waals surface area contributed by atoms with Gasteiger partial charge in [-0.1, -0.05) is 18.2 Å². The molecule has 1 atom stereocenters. The second kappa shape index (κ2) is 4.59. The molecule has 106 valence electrons. The predicted molar refractivity (Wildman–Crippen MR) is 76.5 cm³/mol. The van der Waals surface area contributed by atoms with Gasteiger partial charge in [-0.2, -0.15) is 0 Å². The molecule has 5 heteroatoms. The van der Waals surface area contributed by atoms with Crippen LogP contribution >= 0.6 is 0 Å². The van der Waals surface area contributed by atoms with E-state index in [0.29, 0.717) is 26.1 Å². The van der Waals surface area contributed by atoms with Crippen molar-refractivity contribution in [1.82, 2.24) is 9.80 Å². The number of nitrogens with zero attached hydrogens (tertiary/aromatic N) is 2. The summed E-state index contributed by atoms with van der Waals surface area (Å²) in [6, 6.07) is 7.78. The van der Waals surface area contributed by atoms with Gasteiger partial charge in [-0.15, -0.1) is 0 Å². The first-order valence-corrected chi connectivity index (χ1v) is 6.86. The number of para-hydroxylation sites is 1. The van der Waals surface area contributed by atoms with Gasteiger partial charge in [0.15, 0.2) is 0 Å². The Morgan fingerprint density at radius 2 is 2.15 bits per heavy atom. The molecular weight excluding hydrogens is 254 g/mol. The fraction of sp³-hybridized carbons (Fsp3) is 0.467. The van der Waals surface area contributed by atoms with Crippen LogP contribution in [0.1, 0.15) is 12.0 Å². The third-order valence-electron chi connectivity index (χ3n) is 4.20. The molecule has 0 bridgehead atoms. The minimum atomic E-state index is -0.543. The van der Waals surface area contributed by atoms with Crippen molar-refractivity contribution in [1.29, 1.82) is 0 Å². The zero-order valence-corrected chi connectivity index (χ0v) is 11.8. The molecule has 1 aromatic carbocycles. The van der Waals surface area contributed by atoms with Gasteiger partial charge in [0.2, 0.25) is 11.8 Å². The topological polar surface area (TPSA) is 52.7 Å². The molecule has 0 saturated carbocycles. The summed E-state index contributed by atoms with van der Waals surface area (Å²) in [5.74, 6) is 0.114. The molecule has 3 rings (SSSR count). The number of fused-ring (bicyclic) bond motifs is 2. The maximum absolute atomic E-state index is 12.4. The standard InChI is InChI=1S/C15H19N3O2/c1-17(2)9-13(19)18-8-7-15(10-18)11-5-3-4-6-12(11)16-14(15)20/h3-6H,7-10H2,1-2H3,(H,16,20). The van der Waals surface area contributed by atoms with Crippen molar-refractivity contribution < 1.29 is 9.59 Å². The minimum absolute atomic E-state index is 0.0267. The number of hydrogen-bond donors (Lipinski definition) is 1. The average molecular weight is 273 g/mol. The summed E-state index contributed by atoms with van der Waals surface area (Å²) in [5.41, 5.74) is 1.38. The summed E-state index contributed by atoms with van der Waals surface area (Å²) in [5, 5.41) is 2.94. The predicted octanol–water partition coefficient (Wildman–Crippen LogP) is 0.670. The van der Waals surface area contributed by atoms with E-state index >= 15 is 0 Å². The van der Waals surface area contributed by atoms with Crippen LogP contribution in [0.3, 0.4) is 0 Å². The Hall–Kier alpha value is -1.88. The van der Waals surface area contributed by atoms with E-state index in [1.807, 2.05) is 48.2 Å². The van der Waals surface area contributed by atoms with Crippen LogP contribution in [0, 0.1) is 0 Å². The summed E-state index contributed by atoms with van der Waals surface area (Å²) >= 11 is 0. The van der Waals surface area contributed by atoms with Gasteiger partial charge in [0.1, 0.15) is 0 Å². The Kier molecular flexibility index (Phi) is 3.01. The first kappa shape index (κ1) is 13.1. The summed E-state index contributed by atoms with van der Waals surface area (Å²) < 4.78 is 0. The lowest BCUT2D eigenvalue weighted by atomic mass is 9.81. The average Bonchev–Trinajstić information content (AvgIpc) is 2.95. The van der Waals surface area contributed by atoms with Crippen molar-refractivity contribution in [2.45, 2.75) is 11.8 Å². The van der Waals surface area contributed by atoms with Gasteiger partial charge in [0.05, 0.1) is 12.0 Å². The SMILES string of the molecule is CN(C)CC(=O)N1CCC2(C1)C(=O)Nc1ccccc12. The van der Waals surface area contributed by atoms with E-state index in [9.17, 15) is 9.59 Å². The summed E-state index contributed by atoms with van der Waals surface area (Å²) in [6.45, 7) is 1.52. The van der Waals surface area contributed by atoms with Gasteiger partial charge >= 0.3 is 0 Å². The second-order valence-corrected chi connectivity index (χ2v) is 5.88. The molecule has 1 N–H and O–H groups in total. The van der Waals surface area contributed by atoms with Crippen molar-refractivity contribution in [2.75, 3.05) is 39.0 Å². The number of nitrogens with one attached hydrogen (secondary N) is 1. The fourth-order valence-corrected chi connectivity index (χ4v) is 3.17. The largest absolute Gasteiger partial charge is 0.340 e. The van der Waals surface area contributed by atoms with E-state index in [2.05, 4.69) is 5.32 Å². The zero-order valence-electron chi connectivity index (χ0n) is 11.8. The van der Waals surface area contributed by atoms with Crippen LogP contribution in [-0.4, -0.2) is 55.3 Å². The van der Waals surface area contributed by atoms with Gasteiger partial charge in [-0.05, 0) is 32.1 Å². The van der Waals surface area contributed by atoms with Gasteiger partial charge in [0.25, 0.3) is 0 Å². The minimum Gasteiger partial charge on any atom is -0.340 e. The highest BCUT2D eigenvalue weighted by molar-refractivity contribution is 6.07. The monoisotopic (exact) mass is 273 g/mol.